The zero-order valence-corrected chi connectivity index (χ0v) is 15.8. The van der Waals surface area contributed by atoms with E-state index in [1.165, 1.54) is 0 Å². The lowest BCUT2D eigenvalue weighted by Gasteiger charge is -2.22. The minimum absolute atomic E-state index is 0.233. The molecule has 1 aliphatic heterocycles. The number of hydrogen-bond acceptors (Lipinski definition) is 3. The molecule has 0 N–H and O–H groups in total. The van der Waals surface area contributed by atoms with Crippen LogP contribution in [0.4, 0.5) is 0 Å². The zero-order chi connectivity index (χ0) is 17.3. The third-order valence-corrected chi connectivity index (χ3v) is 4.99. The van der Waals surface area contributed by atoms with Gasteiger partial charge in [0.15, 0.2) is 0 Å². The SMILES string of the molecule is Cc1nn(CC(C)C)c(C)c1CC(=O)N1C[C@@H](C)[C@H](N(C)C)C1. The molecule has 1 saturated heterocycles. The second-order valence-electron chi connectivity index (χ2n) is 7.71. The maximum absolute atomic E-state index is 12.7. The number of carbonyl (C=O) groups excluding carboxylic acids is 1. The molecule has 0 spiro atoms. The standard InChI is InChI=1S/C18H32N4O/c1-12(2)9-22-15(5)16(14(4)19-22)8-18(23)21-10-13(3)17(11-21)20(6)7/h12-13,17H,8-11H2,1-7H3/t13-,17-/m1/s1. The predicted octanol–water partition coefficient (Wildman–Crippen LogP) is 2.11. The van der Waals surface area contributed by atoms with E-state index in [1.807, 2.05) is 11.8 Å². The lowest BCUT2D eigenvalue weighted by atomic mass is 10.1. The van der Waals surface area contributed by atoms with E-state index < -0.39 is 0 Å². The van der Waals surface area contributed by atoms with Gasteiger partial charge in [0, 0.05) is 36.9 Å². The molecule has 2 heterocycles. The molecular formula is C18H32N4O. The van der Waals surface area contributed by atoms with Gasteiger partial charge < -0.3 is 9.80 Å². The maximum atomic E-state index is 12.7. The number of rotatable bonds is 5. The minimum atomic E-state index is 0.233. The third-order valence-electron chi connectivity index (χ3n) is 4.99. The van der Waals surface area contributed by atoms with Crippen molar-refractivity contribution in [2.45, 2.75) is 53.6 Å². The van der Waals surface area contributed by atoms with Crippen molar-refractivity contribution >= 4 is 5.91 Å². The summed E-state index contributed by atoms with van der Waals surface area (Å²) in [5.74, 6) is 1.31. The maximum Gasteiger partial charge on any atom is 0.227 e. The van der Waals surface area contributed by atoms with Crippen molar-refractivity contribution in [1.82, 2.24) is 19.6 Å². The summed E-state index contributed by atoms with van der Waals surface area (Å²) in [6.07, 6.45) is 0.475. The zero-order valence-electron chi connectivity index (χ0n) is 15.8. The Bertz CT molecular complexity index is 562. The smallest absolute Gasteiger partial charge is 0.227 e. The molecule has 0 aromatic carbocycles. The van der Waals surface area contributed by atoms with Crippen LogP contribution in [0.3, 0.4) is 0 Å². The predicted molar refractivity (Wildman–Crippen MR) is 93.5 cm³/mol. The topological polar surface area (TPSA) is 41.4 Å². The number of likely N-dealkylation sites (N-methyl/N-ethyl adjacent to an activating group) is 1. The molecule has 0 unspecified atom stereocenters. The van der Waals surface area contributed by atoms with Gasteiger partial charge in [0.1, 0.15) is 0 Å². The highest BCUT2D eigenvalue weighted by Crippen LogP contribution is 2.22. The summed E-state index contributed by atoms with van der Waals surface area (Å²) >= 11 is 0. The first-order chi connectivity index (χ1) is 10.7. The number of aromatic nitrogens is 2. The molecule has 2 rings (SSSR count). The van der Waals surface area contributed by atoms with Gasteiger partial charge in [-0.15, -0.1) is 0 Å². The van der Waals surface area contributed by atoms with Gasteiger partial charge in [-0.1, -0.05) is 20.8 Å². The summed E-state index contributed by atoms with van der Waals surface area (Å²) in [7, 11) is 4.19. The fourth-order valence-electron chi connectivity index (χ4n) is 3.60. The van der Waals surface area contributed by atoms with Crippen molar-refractivity contribution in [3.05, 3.63) is 17.0 Å². The van der Waals surface area contributed by atoms with Crippen molar-refractivity contribution in [2.24, 2.45) is 11.8 Å². The van der Waals surface area contributed by atoms with Gasteiger partial charge >= 0.3 is 0 Å². The van der Waals surface area contributed by atoms with Crippen molar-refractivity contribution in [1.29, 1.82) is 0 Å². The van der Waals surface area contributed by atoms with E-state index >= 15 is 0 Å². The van der Waals surface area contributed by atoms with E-state index in [0.29, 0.717) is 24.3 Å². The van der Waals surface area contributed by atoms with Gasteiger partial charge in [0.05, 0.1) is 12.1 Å². The molecule has 1 amide bonds. The first kappa shape index (κ1) is 18.0. The van der Waals surface area contributed by atoms with Gasteiger partial charge in [0.2, 0.25) is 5.91 Å². The average molecular weight is 320 g/mol. The molecule has 0 aliphatic carbocycles. The lowest BCUT2D eigenvalue weighted by molar-refractivity contribution is -0.129. The van der Waals surface area contributed by atoms with Crippen LogP contribution in [0.25, 0.3) is 0 Å². The molecule has 5 nitrogen and oxygen atoms in total. The lowest BCUT2D eigenvalue weighted by Crippen LogP contribution is -2.36. The largest absolute Gasteiger partial charge is 0.341 e. The number of aryl methyl sites for hydroxylation is 1. The number of carbonyl (C=O) groups is 1. The number of amides is 1. The third kappa shape index (κ3) is 3.94. The Kier molecular flexibility index (Phi) is 5.50. The fraction of sp³-hybridized carbons (Fsp3) is 0.778. The Morgan fingerprint density at radius 2 is 1.96 bits per heavy atom. The summed E-state index contributed by atoms with van der Waals surface area (Å²) in [6.45, 7) is 13.3. The number of nitrogens with zero attached hydrogens (tertiary/aromatic N) is 4. The molecule has 2 atom stereocenters. The molecule has 5 heteroatoms. The van der Waals surface area contributed by atoms with Crippen LogP contribution in [0.15, 0.2) is 0 Å². The van der Waals surface area contributed by atoms with Crippen LogP contribution in [-0.4, -0.2) is 58.7 Å². The number of hydrogen-bond donors (Lipinski definition) is 0. The summed E-state index contributed by atoms with van der Waals surface area (Å²) in [5, 5.41) is 4.63. The van der Waals surface area contributed by atoms with Gasteiger partial charge in [-0.25, -0.2) is 0 Å². The van der Waals surface area contributed by atoms with E-state index in [4.69, 9.17) is 0 Å². The molecular weight excluding hydrogens is 288 g/mol. The van der Waals surface area contributed by atoms with Crippen LogP contribution in [0.1, 0.15) is 37.7 Å². The highest BCUT2D eigenvalue weighted by molar-refractivity contribution is 5.79. The van der Waals surface area contributed by atoms with Crippen LogP contribution < -0.4 is 0 Å². The van der Waals surface area contributed by atoms with E-state index in [9.17, 15) is 4.79 Å². The molecule has 0 radical (unpaired) electrons. The van der Waals surface area contributed by atoms with Crippen LogP contribution in [0.2, 0.25) is 0 Å². The molecule has 0 saturated carbocycles. The molecule has 1 aromatic heterocycles. The second kappa shape index (κ2) is 7.04. The van der Waals surface area contributed by atoms with Crippen molar-refractivity contribution in [3.8, 4) is 0 Å². The molecule has 130 valence electrons. The van der Waals surface area contributed by atoms with Crippen molar-refractivity contribution < 1.29 is 4.79 Å². The van der Waals surface area contributed by atoms with Gasteiger partial charge in [-0.05, 0) is 39.8 Å². The first-order valence-corrected chi connectivity index (χ1v) is 8.67. The highest BCUT2D eigenvalue weighted by Gasteiger charge is 2.33. The first-order valence-electron chi connectivity index (χ1n) is 8.67. The van der Waals surface area contributed by atoms with Crippen LogP contribution in [0.5, 0.6) is 0 Å². The van der Waals surface area contributed by atoms with Crippen LogP contribution >= 0.6 is 0 Å². The highest BCUT2D eigenvalue weighted by atomic mass is 16.2. The normalized spacial score (nSPS) is 21.7. The Hall–Kier alpha value is -1.36. The van der Waals surface area contributed by atoms with E-state index in [-0.39, 0.29) is 5.91 Å². The van der Waals surface area contributed by atoms with Crippen molar-refractivity contribution in [3.63, 3.8) is 0 Å². The van der Waals surface area contributed by atoms with Crippen LogP contribution in [0, 0.1) is 25.7 Å². The Labute approximate surface area is 140 Å². The van der Waals surface area contributed by atoms with Gasteiger partial charge in [0.25, 0.3) is 0 Å². The summed E-state index contributed by atoms with van der Waals surface area (Å²) < 4.78 is 2.05. The average Bonchev–Trinajstić information content (AvgIpc) is 2.94. The summed E-state index contributed by atoms with van der Waals surface area (Å²) in [5.41, 5.74) is 3.24. The van der Waals surface area contributed by atoms with E-state index in [0.717, 1.165) is 36.6 Å². The quantitative estimate of drug-likeness (QED) is 0.834. The Morgan fingerprint density at radius 3 is 2.48 bits per heavy atom. The molecule has 1 aliphatic rings. The summed E-state index contributed by atoms with van der Waals surface area (Å²) in [6, 6.07) is 0.463. The molecule has 0 bridgehead atoms. The van der Waals surface area contributed by atoms with E-state index in [2.05, 4.69) is 56.5 Å². The molecule has 1 fully saturated rings. The van der Waals surface area contributed by atoms with Gasteiger partial charge in [-0.2, -0.15) is 5.10 Å². The molecule has 23 heavy (non-hydrogen) atoms. The summed E-state index contributed by atoms with van der Waals surface area (Å²) in [4.78, 5) is 17.0. The fourth-order valence-corrected chi connectivity index (χ4v) is 3.60. The van der Waals surface area contributed by atoms with E-state index in [1.54, 1.807) is 0 Å². The van der Waals surface area contributed by atoms with Crippen molar-refractivity contribution in [2.75, 3.05) is 27.2 Å². The second-order valence-corrected chi connectivity index (χ2v) is 7.71. The minimum Gasteiger partial charge on any atom is -0.341 e. The van der Waals surface area contributed by atoms with Crippen LogP contribution in [-0.2, 0) is 17.8 Å². The monoisotopic (exact) mass is 320 g/mol. The Morgan fingerprint density at radius 1 is 1.30 bits per heavy atom. The molecule has 1 aromatic rings. The van der Waals surface area contributed by atoms with Gasteiger partial charge in [-0.3, -0.25) is 9.48 Å². The Balaban J connectivity index is 2.08. The number of likely N-dealkylation sites (tertiary alicyclic amines) is 1.